The van der Waals surface area contributed by atoms with Crippen LogP contribution < -0.4 is 11.1 Å². The molecule has 408 valence electrons. The number of rotatable bonds is 5. The number of amides is 1. The predicted octanol–water partition coefficient (Wildman–Crippen LogP) is 2.50. The molecule has 1 aromatic rings. The summed E-state index contributed by atoms with van der Waals surface area (Å²) in [7, 11) is 0. The monoisotopic (exact) mass is 1030 g/mol. The Morgan fingerprint density at radius 3 is 1.89 bits per heavy atom. The number of nitrogens with one attached hydrogen (secondary N) is 1. The van der Waals surface area contributed by atoms with E-state index in [9.17, 15) is 60.7 Å². The van der Waals surface area contributed by atoms with Gasteiger partial charge in [0, 0.05) is 37.5 Å². The first-order valence-corrected chi connectivity index (χ1v) is 25.4. The Hall–Kier alpha value is -4.22. The van der Waals surface area contributed by atoms with Crippen LogP contribution in [0.15, 0.2) is 115 Å². The van der Waals surface area contributed by atoms with E-state index in [1.54, 1.807) is 70.2 Å². The van der Waals surface area contributed by atoms with Crippen molar-refractivity contribution in [2.75, 3.05) is 0 Å². The molecule has 1 aromatic carbocycles. The molecule has 13 N–H and O–H groups in total. The van der Waals surface area contributed by atoms with Crippen molar-refractivity contribution in [1.29, 1.82) is 0 Å². The Bertz CT molecular complexity index is 2030. The van der Waals surface area contributed by atoms with Gasteiger partial charge in [-0.15, -0.1) is 0 Å². The lowest BCUT2D eigenvalue weighted by Crippen LogP contribution is -2.62. The van der Waals surface area contributed by atoms with E-state index in [0.717, 1.165) is 5.56 Å². The van der Waals surface area contributed by atoms with E-state index in [2.05, 4.69) is 5.32 Å². The Kier molecular flexibility index (Phi) is 25.5. The summed E-state index contributed by atoms with van der Waals surface area (Å²) in [5.41, 5.74) is 6.92. The number of esters is 1. The molecular formula is C55H82N2O16. The minimum atomic E-state index is -2.29. The number of hydrogen-bond donors (Lipinski definition) is 12. The third-order valence-corrected chi connectivity index (χ3v) is 13.7. The predicted molar refractivity (Wildman–Crippen MR) is 272 cm³/mol. The van der Waals surface area contributed by atoms with Gasteiger partial charge in [0.2, 0.25) is 5.91 Å². The Morgan fingerprint density at radius 1 is 0.685 bits per heavy atom. The van der Waals surface area contributed by atoms with Crippen LogP contribution in [-0.2, 0) is 28.5 Å². The van der Waals surface area contributed by atoms with Gasteiger partial charge >= 0.3 is 5.97 Å². The van der Waals surface area contributed by atoms with Crippen LogP contribution in [0.1, 0.15) is 97.6 Å². The highest BCUT2D eigenvalue weighted by Crippen LogP contribution is 2.38. The molecular weight excluding hydrogens is 945 g/mol. The van der Waals surface area contributed by atoms with Crippen molar-refractivity contribution in [3.8, 4) is 0 Å². The molecule has 18 heteroatoms. The quantitative estimate of drug-likeness (QED) is 0.189. The van der Waals surface area contributed by atoms with E-state index in [1.165, 1.54) is 0 Å². The number of allylic oxidation sites excluding steroid dienone is 12. The van der Waals surface area contributed by atoms with Gasteiger partial charge in [0.25, 0.3) is 0 Å². The van der Waals surface area contributed by atoms with Crippen molar-refractivity contribution >= 4 is 11.9 Å². The van der Waals surface area contributed by atoms with Crippen molar-refractivity contribution < 1.29 is 79.6 Å². The summed E-state index contributed by atoms with van der Waals surface area (Å²) in [6, 6.07) is 7.47. The minimum absolute atomic E-state index is 0.0974. The molecule has 2 bridgehead atoms. The van der Waals surface area contributed by atoms with Gasteiger partial charge in [-0.25, -0.2) is 0 Å². The number of hydrogen-bond acceptors (Lipinski definition) is 17. The van der Waals surface area contributed by atoms with Crippen LogP contribution >= 0.6 is 0 Å². The highest BCUT2D eigenvalue weighted by Gasteiger charge is 2.51. The summed E-state index contributed by atoms with van der Waals surface area (Å²) in [4.78, 5) is 26.9. The number of carbonyl (C=O) groups is 2. The maximum Gasteiger partial charge on any atom is 0.308 e. The van der Waals surface area contributed by atoms with Crippen molar-refractivity contribution in [3.05, 3.63) is 121 Å². The van der Waals surface area contributed by atoms with E-state index in [0.29, 0.717) is 0 Å². The summed E-state index contributed by atoms with van der Waals surface area (Å²) in [6.45, 7) is 8.57. The maximum absolute atomic E-state index is 14.2. The van der Waals surface area contributed by atoms with Gasteiger partial charge < -0.3 is 81.1 Å². The van der Waals surface area contributed by atoms with Gasteiger partial charge in [-0.2, -0.15) is 0 Å². The molecule has 0 aromatic heterocycles. The molecule has 0 unspecified atom stereocenters. The third-order valence-electron chi connectivity index (χ3n) is 13.7. The Balaban J connectivity index is 1.62. The minimum Gasteiger partial charge on any atom is -0.462 e. The molecule has 1 amide bonds. The Morgan fingerprint density at radius 2 is 1.27 bits per heavy atom. The zero-order chi connectivity index (χ0) is 53.8. The molecule has 2 saturated heterocycles. The number of ether oxygens (including phenoxy) is 4. The second-order valence-electron chi connectivity index (χ2n) is 19.9. The first-order chi connectivity index (χ1) is 34.6. The van der Waals surface area contributed by atoms with Gasteiger partial charge in [0.1, 0.15) is 12.2 Å². The largest absolute Gasteiger partial charge is 0.462 e. The lowest BCUT2D eigenvalue weighted by molar-refractivity contribution is -0.307. The molecule has 0 aliphatic carbocycles. The highest BCUT2D eigenvalue weighted by molar-refractivity contribution is 5.80. The summed E-state index contributed by atoms with van der Waals surface area (Å²) >= 11 is 0. The molecule has 3 aliphatic rings. The van der Waals surface area contributed by atoms with Crippen LogP contribution in [0.25, 0.3) is 0 Å². The zero-order valence-electron chi connectivity index (χ0n) is 42.6. The molecule has 18 nitrogen and oxygen atoms in total. The van der Waals surface area contributed by atoms with E-state index >= 15 is 0 Å². The zero-order valence-corrected chi connectivity index (χ0v) is 42.6. The number of fused-ring (bicyclic) bond motifs is 2. The van der Waals surface area contributed by atoms with Gasteiger partial charge in [0.05, 0.1) is 91.6 Å². The van der Waals surface area contributed by atoms with Crippen molar-refractivity contribution in [3.63, 3.8) is 0 Å². The van der Waals surface area contributed by atoms with Crippen LogP contribution in [0.2, 0.25) is 0 Å². The molecule has 2 fully saturated rings. The average Bonchev–Trinajstić information content (AvgIpc) is 3.32. The smallest absolute Gasteiger partial charge is 0.308 e. The second-order valence-corrected chi connectivity index (χ2v) is 19.9. The van der Waals surface area contributed by atoms with E-state index in [4.69, 9.17) is 24.7 Å². The summed E-state index contributed by atoms with van der Waals surface area (Å²) in [6.07, 6.45) is 4.62. The van der Waals surface area contributed by atoms with Crippen LogP contribution in [0, 0.1) is 17.8 Å². The van der Waals surface area contributed by atoms with Gasteiger partial charge in [-0.3, -0.25) is 9.59 Å². The third kappa shape index (κ3) is 20.1. The molecule has 0 radical (unpaired) electrons. The van der Waals surface area contributed by atoms with E-state index in [1.807, 2.05) is 79.8 Å². The number of carbonyl (C=O) groups excluding carboxylic acids is 2. The lowest BCUT2D eigenvalue weighted by atomic mass is 9.82. The number of aliphatic hydroxyl groups is 10. The van der Waals surface area contributed by atoms with Crippen LogP contribution in [0.4, 0.5) is 0 Å². The normalized spacial score (nSPS) is 42.2. The van der Waals surface area contributed by atoms with Gasteiger partial charge in [-0.05, 0) is 45.6 Å². The Labute approximate surface area is 429 Å². The fourth-order valence-corrected chi connectivity index (χ4v) is 9.12. The molecule has 73 heavy (non-hydrogen) atoms. The first kappa shape index (κ1) is 61.3. The van der Waals surface area contributed by atoms with Crippen molar-refractivity contribution in [2.24, 2.45) is 23.5 Å². The fraction of sp³-hybridized carbons (Fsp3) is 0.600. The standard InChI is InChI=1S/C55H82N2O16/c1-33-21-17-14-12-10-8-6-7-9-11-13-15-20-24-42(72-54-52(67)49(56)51(66)37(5)71-54)30-46-48(53(68)57-35(3)38-22-18-16-19-23-38)45(63)32-55(69,73-46)31-41(60)28-44(62)43(61)26-25-39(58)27-40(59)29-47(64)70-36(4)34(2)50(33)65/h6-24,33-37,39-46,48-52,54,58-63,65-67,69H,25-32,56H2,1-5H3,(H,57,68)/b7-6+,10-8+,11-9+,14-12+,15-13+,21-17+,24-20+/t33-,34-,35-,36-,37+,39+,40+,41-,42-,43+,44+,45-,46-,48+,49-,50+,51+,52-,54-,55+/m0/s1. The summed E-state index contributed by atoms with van der Waals surface area (Å²) in [5, 5.41) is 113. The highest BCUT2D eigenvalue weighted by atomic mass is 16.7. The van der Waals surface area contributed by atoms with Crippen LogP contribution in [0.3, 0.4) is 0 Å². The van der Waals surface area contributed by atoms with Crippen molar-refractivity contribution in [2.45, 2.75) is 189 Å². The number of cyclic esters (lactones) is 1. The van der Waals surface area contributed by atoms with E-state index in [-0.39, 0.29) is 31.6 Å². The number of benzene rings is 1. The SMILES string of the molecule is C[C@@H]1[C@H](O)[C@@H](C)/C=C/C=C/C=C/C=C/C=C/C=C/C=C/[C@H](O[C@@H]2O[C@H](C)[C@@H](O)[C@H](N)[C@@H]2O)C[C@@H]2O[C@](O)(C[C@@H](O)C[C@@H](O)[C@H](O)CC[C@@H](O)C[C@@H](O)CC(=O)O[C@H]1C)C[C@H](O)[C@H]2C(=O)N[C@@H](C)c1ccccc1. The van der Waals surface area contributed by atoms with Gasteiger partial charge in [0.15, 0.2) is 12.1 Å². The molecule has 3 aliphatic heterocycles. The van der Waals surface area contributed by atoms with Crippen LogP contribution in [0.5, 0.6) is 0 Å². The topological polar surface area (TPSA) is 311 Å². The number of aliphatic hydroxyl groups excluding tert-OH is 9. The molecule has 0 spiro atoms. The second kappa shape index (κ2) is 30.4. The molecule has 4 rings (SSSR count). The summed E-state index contributed by atoms with van der Waals surface area (Å²) < 4.78 is 23.9. The summed E-state index contributed by atoms with van der Waals surface area (Å²) in [5.74, 6) is -5.67. The first-order valence-electron chi connectivity index (χ1n) is 25.4. The lowest BCUT2D eigenvalue weighted by Gasteiger charge is -2.46. The maximum atomic E-state index is 14.2. The van der Waals surface area contributed by atoms with Crippen LogP contribution in [-0.4, -0.2) is 160 Å². The average molecular weight is 1030 g/mol. The molecule has 3 heterocycles. The molecule has 20 atom stereocenters. The van der Waals surface area contributed by atoms with Gasteiger partial charge in [-0.1, -0.05) is 129 Å². The van der Waals surface area contributed by atoms with E-state index < -0.39 is 153 Å². The molecule has 0 saturated carbocycles. The van der Waals surface area contributed by atoms with Crippen molar-refractivity contribution in [1.82, 2.24) is 5.32 Å². The fourth-order valence-electron chi connectivity index (χ4n) is 9.12. The number of nitrogens with two attached hydrogens (primary N) is 1.